The predicted molar refractivity (Wildman–Crippen MR) is 95.4 cm³/mol. The van der Waals surface area contributed by atoms with Gasteiger partial charge in [-0.25, -0.2) is 0 Å². The van der Waals surface area contributed by atoms with E-state index in [2.05, 4.69) is 70.5 Å². The van der Waals surface area contributed by atoms with Crippen molar-refractivity contribution in [3.63, 3.8) is 0 Å². The molecule has 0 rings (SSSR count). The van der Waals surface area contributed by atoms with Crippen molar-refractivity contribution >= 4 is 41.9 Å². The first-order valence-electron chi connectivity index (χ1n) is 7.55. The fourth-order valence-electron chi connectivity index (χ4n) is 2.17. The molecule has 0 aliphatic carbocycles. The van der Waals surface area contributed by atoms with Crippen molar-refractivity contribution < 1.29 is 0 Å². The fraction of sp³-hybridized carbons (Fsp3) is 0.867. The molecule has 0 nitrogen and oxygen atoms in total. The van der Waals surface area contributed by atoms with E-state index < -0.39 is 18.4 Å². The quantitative estimate of drug-likeness (QED) is 0.304. The molecule has 3 heteroatoms. The van der Waals surface area contributed by atoms with E-state index in [-0.39, 0.29) is 0 Å². The summed E-state index contributed by atoms with van der Waals surface area (Å²) in [7, 11) is 0. The van der Waals surface area contributed by atoms with E-state index >= 15 is 0 Å². The van der Waals surface area contributed by atoms with Crippen LogP contribution in [-0.4, -0.2) is 29.4 Å². The van der Waals surface area contributed by atoms with Crippen molar-refractivity contribution in [1.82, 2.24) is 0 Å². The van der Waals surface area contributed by atoms with Gasteiger partial charge in [-0.15, -0.1) is 0 Å². The van der Waals surface area contributed by atoms with Crippen LogP contribution >= 0.6 is 23.5 Å². The molecule has 0 aromatic heterocycles. The Morgan fingerprint density at radius 1 is 1.06 bits per heavy atom. The second-order valence-corrected chi connectivity index (χ2v) is 23.7. The third kappa shape index (κ3) is 6.60. The Bertz CT molecular complexity index is 224. The summed E-state index contributed by atoms with van der Waals surface area (Å²) in [5.41, 5.74) is 0. The summed E-state index contributed by atoms with van der Waals surface area (Å²) in [6, 6.07) is 0. The van der Waals surface area contributed by atoms with E-state index in [9.17, 15) is 0 Å². The molecule has 0 aliphatic heterocycles. The van der Waals surface area contributed by atoms with Crippen molar-refractivity contribution in [3.05, 3.63) is 8.33 Å². The van der Waals surface area contributed by atoms with Crippen LogP contribution in [0.1, 0.15) is 54.4 Å². The second-order valence-electron chi connectivity index (χ2n) is 5.21. The van der Waals surface area contributed by atoms with E-state index in [1.54, 1.807) is 0 Å². The molecule has 0 amide bonds. The van der Waals surface area contributed by atoms with Crippen LogP contribution < -0.4 is 0 Å². The number of hydrogen-bond donors (Lipinski definition) is 0. The summed E-state index contributed by atoms with van der Waals surface area (Å²) >= 11 is 2.26. The van der Waals surface area contributed by atoms with Gasteiger partial charge < -0.3 is 0 Å². The minimum absolute atomic E-state index is 0.740. The molecule has 0 spiro atoms. The molecule has 0 unspecified atom stereocenters. The standard InChI is InChI=1S/C9H17S2.3C2H5.Sn/c1-4-5-6-10-7-8-11-9(2)3;3*1-2;/h7,9H,4-6H2,1-3H3;3*1H2,2H3;. The maximum absolute atomic E-state index is 2.56. The van der Waals surface area contributed by atoms with Gasteiger partial charge in [0.05, 0.1) is 0 Å². The number of hydrogen-bond acceptors (Lipinski definition) is 2. The zero-order valence-electron chi connectivity index (χ0n) is 13.2. The molecule has 0 aliphatic rings. The molecule has 0 saturated carbocycles. The Morgan fingerprint density at radius 3 is 2.00 bits per heavy atom. The molecule has 0 bridgehead atoms. The molecular weight excluding hydrogens is 363 g/mol. The van der Waals surface area contributed by atoms with Gasteiger partial charge in [-0.3, -0.25) is 0 Å². The Hall–Kier alpha value is 1.24. The Balaban J connectivity index is 4.82. The average Bonchev–Trinajstić information content (AvgIpc) is 2.36. The van der Waals surface area contributed by atoms with Crippen molar-refractivity contribution in [2.24, 2.45) is 0 Å². The van der Waals surface area contributed by atoms with Gasteiger partial charge in [0.15, 0.2) is 0 Å². The maximum atomic E-state index is 2.56. The summed E-state index contributed by atoms with van der Waals surface area (Å²) in [6.07, 6.45) is 2.67. The molecule has 108 valence electrons. The van der Waals surface area contributed by atoms with Gasteiger partial charge in [-0.05, 0) is 0 Å². The number of rotatable bonds is 10. The Morgan fingerprint density at radius 2 is 1.61 bits per heavy atom. The molecule has 0 heterocycles. The first-order valence-corrected chi connectivity index (χ1v) is 17.0. The van der Waals surface area contributed by atoms with E-state index in [0.29, 0.717) is 0 Å². The molecule has 0 aromatic carbocycles. The van der Waals surface area contributed by atoms with E-state index in [1.807, 2.05) is 2.92 Å². The first kappa shape index (κ1) is 19.2. The van der Waals surface area contributed by atoms with E-state index in [0.717, 1.165) is 5.25 Å². The van der Waals surface area contributed by atoms with Gasteiger partial charge in [0.2, 0.25) is 0 Å². The van der Waals surface area contributed by atoms with Crippen molar-refractivity contribution in [2.75, 3.05) is 5.75 Å². The van der Waals surface area contributed by atoms with Crippen LogP contribution in [0.4, 0.5) is 0 Å². The van der Waals surface area contributed by atoms with Crippen LogP contribution in [0.3, 0.4) is 0 Å². The van der Waals surface area contributed by atoms with E-state index in [4.69, 9.17) is 0 Å². The SMILES string of the molecule is CCCCSC=[C](SC(C)C)[Sn]([CH2]C)([CH2]C)[CH2]C. The summed E-state index contributed by atoms with van der Waals surface area (Å²) in [6.45, 7) is 14.3. The zero-order valence-corrected chi connectivity index (χ0v) is 17.7. The average molecular weight is 395 g/mol. The minimum atomic E-state index is -1.98. The summed E-state index contributed by atoms with van der Waals surface area (Å²) in [5.74, 6) is 1.30. The van der Waals surface area contributed by atoms with Crippen LogP contribution in [-0.2, 0) is 0 Å². The van der Waals surface area contributed by atoms with Crippen LogP contribution in [0, 0.1) is 0 Å². The number of unbranched alkanes of at least 4 members (excludes halogenated alkanes) is 1. The summed E-state index contributed by atoms with van der Waals surface area (Å²) < 4.78 is 6.26. The molecule has 0 fully saturated rings. The Kier molecular flexibility index (Phi) is 11.7. The zero-order chi connectivity index (χ0) is 14.0. The Labute approximate surface area is 128 Å². The van der Waals surface area contributed by atoms with Crippen LogP contribution in [0.2, 0.25) is 13.3 Å². The topological polar surface area (TPSA) is 0 Å². The van der Waals surface area contributed by atoms with Crippen molar-refractivity contribution in [2.45, 2.75) is 72.9 Å². The summed E-state index contributed by atoms with van der Waals surface area (Å²) in [4.78, 5) is 0. The van der Waals surface area contributed by atoms with Gasteiger partial charge in [0, 0.05) is 0 Å². The first-order chi connectivity index (χ1) is 8.56. The van der Waals surface area contributed by atoms with Crippen molar-refractivity contribution in [3.8, 4) is 0 Å². The van der Waals surface area contributed by atoms with Gasteiger partial charge >= 0.3 is 129 Å². The van der Waals surface area contributed by atoms with Gasteiger partial charge in [0.1, 0.15) is 0 Å². The second kappa shape index (κ2) is 11.0. The monoisotopic (exact) mass is 396 g/mol. The molecule has 0 atom stereocenters. The fourth-order valence-corrected chi connectivity index (χ4v) is 21.5. The van der Waals surface area contributed by atoms with Crippen LogP contribution in [0.5, 0.6) is 0 Å². The van der Waals surface area contributed by atoms with Crippen LogP contribution in [0.25, 0.3) is 0 Å². The van der Waals surface area contributed by atoms with Crippen molar-refractivity contribution in [1.29, 1.82) is 0 Å². The molecule has 0 aromatic rings. The summed E-state index contributed by atoms with van der Waals surface area (Å²) in [5, 5.41) is 3.30. The third-order valence-electron chi connectivity index (χ3n) is 3.72. The predicted octanol–water partition coefficient (Wildman–Crippen LogP) is 6.55. The van der Waals surface area contributed by atoms with E-state index in [1.165, 1.54) is 31.9 Å². The molecular formula is C15H32S2Sn. The molecule has 0 radical (unpaired) electrons. The van der Waals surface area contributed by atoms with Gasteiger partial charge in [-0.2, -0.15) is 0 Å². The normalized spacial score (nSPS) is 13.4. The molecule has 18 heavy (non-hydrogen) atoms. The van der Waals surface area contributed by atoms with Gasteiger partial charge in [0.25, 0.3) is 0 Å². The molecule has 0 N–H and O–H groups in total. The van der Waals surface area contributed by atoms with Crippen LogP contribution in [0.15, 0.2) is 8.33 Å². The third-order valence-corrected chi connectivity index (χ3v) is 25.1. The molecule has 0 saturated heterocycles. The van der Waals surface area contributed by atoms with Gasteiger partial charge in [-0.1, -0.05) is 0 Å². The number of thioether (sulfide) groups is 2.